The van der Waals surface area contributed by atoms with Crippen molar-refractivity contribution >= 4 is 23.2 Å². The minimum atomic E-state index is -0.504. The Balaban J connectivity index is 1.61. The predicted octanol–water partition coefficient (Wildman–Crippen LogP) is 2.04. The maximum atomic E-state index is 12.6. The van der Waals surface area contributed by atoms with Crippen molar-refractivity contribution in [3.8, 4) is 5.75 Å². The second-order valence-corrected chi connectivity index (χ2v) is 5.95. The minimum absolute atomic E-state index is 0.0200. The van der Waals surface area contributed by atoms with Gasteiger partial charge in [-0.1, -0.05) is 18.2 Å². The zero-order valence-corrected chi connectivity index (χ0v) is 14.1. The normalized spacial score (nSPS) is 13.3. The van der Waals surface area contributed by atoms with E-state index in [0.717, 1.165) is 17.9 Å². The van der Waals surface area contributed by atoms with E-state index in [1.807, 2.05) is 31.3 Å². The number of nitrogens with zero attached hydrogens (tertiary/aromatic N) is 2. The van der Waals surface area contributed by atoms with Crippen LogP contribution >= 0.6 is 0 Å². The Morgan fingerprint density at radius 1 is 1.08 bits per heavy atom. The molecule has 130 valence electrons. The van der Waals surface area contributed by atoms with Gasteiger partial charge < -0.3 is 20.3 Å². The lowest BCUT2D eigenvalue weighted by atomic mass is 10.1. The lowest BCUT2D eigenvalue weighted by Crippen LogP contribution is -2.43. The van der Waals surface area contributed by atoms with Crippen LogP contribution < -0.4 is 20.3 Å². The molecule has 1 heterocycles. The number of carbonyl (C=O) groups is 2. The van der Waals surface area contributed by atoms with Gasteiger partial charge in [0.15, 0.2) is 0 Å². The van der Waals surface area contributed by atoms with Crippen LogP contribution in [0.2, 0.25) is 0 Å². The molecule has 25 heavy (non-hydrogen) atoms. The number of para-hydroxylation sites is 2. The molecule has 3 rings (SSSR count). The molecule has 0 fully saturated rings. The molecule has 0 atom stereocenters. The molecule has 2 N–H and O–H groups in total. The third-order valence-electron chi connectivity index (χ3n) is 4.25. The Morgan fingerprint density at radius 3 is 2.60 bits per heavy atom. The Morgan fingerprint density at radius 2 is 1.84 bits per heavy atom. The quantitative estimate of drug-likeness (QED) is 0.904. The second-order valence-electron chi connectivity index (χ2n) is 5.95. The van der Waals surface area contributed by atoms with Crippen molar-refractivity contribution in [3.63, 3.8) is 0 Å². The van der Waals surface area contributed by atoms with Gasteiger partial charge in [0.25, 0.3) is 0 Å². The SMILES string of the molecule is CN1CCN(C(=O)CCOc2cccc(C(N)=O)c2)c2ccccc21. The first kappa shape index (κ1) is 16.8. The molecule has 1 aliphatic rings. The van der Waals surface area contributed by atoms with Gasteiger partial charge in [-0.15, -0.1) is 0 Å². The van der Waals surface area contributed by atoms with E-state index in [9.17, 15) is 9.59 Å². The van der Waals surface area contributed by atoms with Crippen LogP contribution in [-0.4, -0.2) is 38.6 Å². The first-order chi connectivity index (χ1) is 12.1. The highest BCUT2D eigenvalue weighted by atomic mass is 16.5. The van der Waals surface area contributed by atoms with Crippen LogP contribution in [0.1, 0.15) is 16.8 Å². The molecule has 0 saturated carbocycles. The van der Waals surface area contributed by atoms with Gasteiger partial charge in [0.05, 0.1) is 24.4 Å². The number of amides is 2. The highest BCUT2D eigenvalue weighted by Crippen LogP contribution is 2.32. The Kier molecular flexibility index (Phi) is 4.88. The summed E-state index contributed by atoms with van der Waals surface area (Å²) in [7, 11) is 2.02. The molecule has 0 bridgehead atoms. The number of primary amides is 1. The van der Waals surface area contributed by atoms with Crippen molar-refractivity contribution in [2.24, 2.45) is 5.73 Å². The van der Waals surface area contributed by atoms with Crippen molar-refractivity contribution in [2.45, 2.75) is 6.42 Å². The van der Waals surface area contributed by atoms with Gasteiger partial charge in [0, 0.05) is 25.7 Å². The molecule has 1 aliphatic heterocycles. The predicted molar refractivity (Wildman–Crippen MR) is 97.1 cm³/mol. The average molecular weight is 339 g/mol. The summed E-state index contributed by atoms with van der Waals surface area (Å²) in [5.74, 6) is 0.0463. The fourth-order valence-electron chi connectivity index (χ4n) is 2.90. The van der Waals surface area contributed by atoms with E-state index in [-0.39, 0.29) is 18.9 Å². The van der Waals surface area contributed by atoms with Gasteiger partial charge in [-0.05, 0) is 30.3 Å². The molecule has 6 heteroatoms. The average Bonchev–Trinajstić information content (AvgIpc) is 2.62. The van der Waals surface area contributed by atoms with E-state index < -0.39 is 5.91 Å². The molecule has 0 aliphatic carbocycles. The third-order valence-corrected chi connectivity index (χ3v) is 4.25. The van der Waals surface area contributed by atoms with Crippen LogP contribution in [0.25, 0.3) is 0 Å². The zero-order valence-electron chi connectivity index (χ0n) is 14.1. The molecular formula is C19H21N3O3. The number of hydrogen-bond donors (Lipinski definition) is 1. The molecule has 0 radical (unpaired) electrons. The van der Waals surface area contributed by atoms with Gasteiger partial charge in [-0.25, -0.2) is 0 Å². The number of nitrogens with two attached hydrogens (primary N) is 1. The van der Waals surface area contributed by atoms with Crippen molar-refractivity contribution < 1.29 is 14.3 Å². The lowest BCUT2D eigenvalue weighted by molar-refractivity contribution is -0.119. The van der Waals surface area contributed by atoms with Gasteiger partial charge in [-0.3, -0.25) is 9.59 Å². The Bertz CT molecular complexity index is 791. The van der Waals surface area contributed by atoms with Crippen LogP contribution in [0.4, 0.5) is 11.4 Å². The van der Waals surface area contributed by atoms with E-state index in [0.29, 0.717) is 17.9 Å². The molecule has 0 saturated heterocycles. The maximum absolute atomic E-state index is 12.6. The summed E-state index contributed by atoms with van der Waals surface area (Å²) in [6.07, 6.45) is 0.263. The van der Waals surface area contributed by atoms with Crippen LogP contribution in [0, 0.1) is 0 Å². The van der Waals surface area contributed by atoms with Gasteiger partial charge >= 0.3 is 0 Å². The van der Waals surface area contributed by atoms with Crippen molar-refractivity contribution in [3.05, 3.63) is 54.1 Å². The monoisotopic (exact) mass is 339 g/mol. The molecule has 2 amide bonds. The Hall–Kier alpha value is -3.02. The van der Waals surface area contributed by atoms with E-state index in [2.05, 4.69) is 4.90 Å². The van der Waals surface area contributed by atoms with Crippen LogP contribution in [0.3, 0.4) is 0 Å². The van der Waals surface area contributed by atoms with E-state index in [1.54, 1.807) is 29.2 Å². The topological polar surface area (TPSA) is 75.9 Å². The van der Waals surface area contributed by atoms with Gasteiger partial charge in [0.2, 0.25) is 11.8 Å². The minimum Gasteiger partial charge on any atom is -0.493 e. The fraction of sp³-hybridized carbons (Fsp3) is 0.263. The molecule has 6 nitrogen and oxygen atoms in total. The van der Waals surface area contributed by atoms with Crippen LogP contribution in [-0.2, 0) is 4.79 Å². The summed E-state index contributed by atoms with van der Waals surface area (Å²) < 4.78 is 5.60. The molecule has 0 unspecified atom stereocenters. The molecule has 2 aromatic carbocycles. The standard InChI is InChI=1S/C19H21N3O3/c1-21-10-11-22(17-8-3-2-7-16(17)21)18(23)9-12-25-15-6-4-5-14(13-15)19(20)24/h2-8,13H,9-12H2,1H3,(H2,20,24). The fourth-order valence-corrected chi connectivity index (χ4v) is 2.90. The third kappa shape index (κ3) is 3.74. The summed E-state index contributed by atoms with van der Waals surface area (Å²) in [6.45, 7) is 1.70. The first-order valence-corrected chi connectivity index (χ1v) is 8.19. The van der Waals surface area contributed by atoms with Crippen LogP contribution in [0.15, 0.2) is 48.5 Å². The molecule has 2 aromatic rings. The summed E-state index contributed by atoms with van der Waals surface area (Å²) in [5, 5.41) is 0. The number of ether oxygens (including phenoxy) is 1. The molecular weight excluding hydrogens is 318 g/mol. The van der Waals surface area contributed by atoms with Gasteiger partial charge in [-0.2, -0.15) is 0 Å². The number of benzene rings is 2. The number of rotatable bonds is 5. The van der Waals surface area contributed by atoms with E-state index in [4.69, 9.17) is 10.5 Å². The largest absolute Gasteiger partial charge is 0.493 e. The number of likely N-dealkylation sites (N-methyl/N-ethyl adjacent to an activating group) is 1. The summed E-state index contributed by atoms with van der Waals surface area (Å²) >= 11 is 0. The smallest absolute Gasteiger partial charge is 0.248 e. The number of anilines is 2. The first-order valence-electron chi connectivity index (χ1n) is 8.19. The van der Waals surface area contributed by atoms with Crippen molar-refractivity contribution in [2.75, 3.05) is 36.5 Å². The lowest BCUT2D eigenvalue weighted by Gasteiger charge is -2.35. The van der Waals surface area contributed by atoms with E-state index in [1.165, 1.54) is 0 Å². The van der Waals surface area contributed by atoms with Gasteiger partial charge in [0.1, 0.15) is 5.75 Å². The molecule has 0 spiro atoms. The maximum Gasteiger partial charge on any atom is 0.248 e. The molecule has 0 aromatic heterocycles. The van der Waals surface area contributed by atoms with Crippen molar-refractivity contribution in [1.82, 2.24) is 0 Å². The Labute approximate surface area is 146 Å². The van der Waals surface area contributed by atoms with Crippen molar-refractivity contribution in [1.29, 1.82) is 0 Å². The summed E-state index contributed by atoms with van der Waals surface area (Å²) in [4.78, 5) is 27.7. The summed E-state index contributed by atoms with van der Waals surface area (Å²) in [6, 6.07) is 14.5. The zero-order chi connectivity index (χ0) is 17.8. The summed E-state index contributed by atoms with van der Waals surface area (Å²) in [5.41, 5.74) is 7.62. The number of carbonyl (C=O) groups excluding carboxylic acids is 2. The highest BCUT2D eigenvalue weighted by Gasteiger charge is 2.24. The highest BCUT2D eigenvalue weighted by molar-refractivity contribution is 5.98. The number of fused-ring (bicyclic) bond motifs is 1. The second kappa shape index (κ2) is 7.25. The number of hydrogen-bond acceptors (Lipinski definition) is 4. The van der Waals surface area contributed by atoms with Crippen LogP contribution in [0.5, 0.6) is 5.75 Å². The van der Waals surface area contributed by atoms with E-state index >= 15 is 0 Å².